The molecule has 2 aliphatic rings. The van der Waals surface area contributed by atoms with Crippen molar-refractivity contribution in [2.45, 2.75) is 70.6 Å². The number of benzene rings is 2. The van der Waals surface area contributed by atoms with E-state index in [0.29, 0.717) is 40.1 Å². The summed E-state index contributed by atoms with van der Waals surface area (Å²) in [6.45, 7) is 4.21. The summed E-state index contributed by atoms with van der Waals surface area (Å²) >= 11 is 0. The number of rotatable bonds is 7. The van der Waals surface area contributed by atoms with E-state index in [2.05, 4.69) is 10.6 Å². The molecule has 1 heterocycles. The molecule has 5 rings (SSSR count). The van der Waals surface area contributed by atoms with E-state index in [0.717, 1.165) is 32.1 Å². The third-order valence-corrected chi connectivity index (χ3v) is 7.51. The van der Waals surface area contributed by atoms with Crippen LogP contribution < -0.4 is 21.9 Å². The molecule has 9 heteroatoms. The van der Waals surface area contributed by atoms with Crippen molar-refractivity contribution in [3.63, 3.8) is 0 Å². The van der Waals surface area contributed by atoms with Crippen molar-refractivity contribution in [2.24, 2.45) is 5.92 Å². The van der Waals surface area contributed by atoms with Gasteiger partial charge in [-0.1, -0.05) is 0 Å². The summed E-state index contributed by atoms with van der Waals surface area (Å²) in [6.07, 6.45) is 4.33. The Kier molecular flexibility index (Phi) is 6.89. The van der Waals surface area contributed by atoms with Crippen molar-refractivity contribution >= 4 is 22.7 Å². The Balaban J connectivity index is 1.37. The van der Waals surface area contributed by atoms with E-state index in [9.17, 15) is 19.2 Å². The maximum Gasteiger partial charge on any atom is 0.331 e. The second-order valence-corrected chi connectivity index (χ2v) is 10.6. The lowest BCUT2D eigenvalue weighted by molar-refractivity contribution is 0.0892. The molecule has 38 heavy (non-hydrogen) atoms. The Hall–Kier alpha value is -4.19. The number of fused-ring (bicyclic) bond motifs is 1. The molecule has 2 aromatic carbocycles. The van der Waals surface area contributed by atoms with Gasteiger partial charge in [-0.15, -0.1) is 0 Å². The fourth-order valence-corrected chi connectivity index (χ4v) is 5.25. The first-order valence-corrected chi connectivity index (χ1v) is 13.2. The fourth-order valence-electron chi connectivity index (χ4n) is 5.25. The van der Waals surface area contributed by atoms with Crippen LogP contribution in [0.4, 0.5) is 0 Å². The first-order valence-electron chi connectivity index (χ1n) is 13.2. The summed E-state index contributed by atoms with van der Waals surface area (Å²) in [6, 6.07) is 12.7. The van der Waals surface area contributed by atoms with E-state index >= 15 is 0 Å². The van der Waals surface area contributed by atoms with Crippen molar-refractivity contribution in [3.8, 4) is 6.07 Å². The molecule has 1 aromatic heterocycles. The first kappa shape index (κ1) is 25.5. The van der Waals surface area contributed by atoms with Gasteiger partial charge in [0.2, 0.25) is 0 Å². The highest BCUT2D eigenvalue weighted by Crippen LogP contribution is 2.30. The third-order valence-electron chi connectivity index (χ3n) is 7.51. The summed E-state index contributed by atoms with van der Waals surface area (Å²) in [5, 5.41) is 15.4. The summed E-state index contributed by atoms with van der Waals surface area (Å²) in [5.74, 6) is -0.232. The van der Waals surface area contributed by atoms with Crippen LogP contribution in [0.1, 0.15) is 78.3 Å². The number of carbonyl (C=O) groups excluding carboxylic acids is 2. The number of hydrogen-bond donors (Lipinski definition) is 2. The Morgan fingerprint density at radius 2 is 1.55 bits per heavy atom. The van der Waals surface area contributed by atoms with E-state index in [4.69, 9.17) is 5.26 Å². The molecular weight excluding hydrogens is 482 g/mol. The quantitative estimate of drug-likeness (QED) is 0.502. The topological polar surface area (TPSA) is 126 Å². The van der Waals surface area contributed by atoms with Gasteiger partial charge < -0.3 is 10.6 Å². The lowest BCUT2D eigenvalue weighted by Gasteiger charge is -2.22. The molecule has 0 saturated heterocycles. The van der Waals surface area contributed by atoms with Gasteiger partial charge in [0.15, 0.2) is 0 Å². The molecule has 196 valence electrons. The molecule has 2 aliphatic carbocycles. The van der Waals surface area contributed by atoms with Crippen LogP contribution in [-0.4, -0.2) is 33.0 Å². The SMILES string of the molecule is CC(C)n1c(=O)n(CC2CC2)c(=O)c2cc(C(=O)N[C@@H]3CCC[C@@H]3NC(=O)c3ccc(C#N)cc3)ccc21. The Bertz CT molecular complexity index is 1560. The second kappa shape index (κ2) is 10.3. The maximum absolute atomic E-state index is 13.3. The van der Waals surface area contributed by atoms with Crippen LogP contribution in [0.5, 0.6) is 0 Å². The zero-order valence-corrected chi connectivity index (χ0v) is 21.6. The number of nitriles is 1. The molecule has 0 bridgehead atoms. The molecule has 2 fully saturated rings. The Morgan fingerprint density at radius 1 is 0.947 bits per heavy atom. The number of hydrogen-bond acceptors (Lipinski definition) is 5. The zero-order chi connectivity index (χ0) is 27.0. The molecule has 0 unspecified atom stereocenters. The van der Waals surface area contributed by atoms with Gasteiger partial charge in [0, 0.05) is 35.8 Å². The molecule has 2 atom stereocenters. The van der Waals surface area contributed by atoms with Crippen molar-refractivity contribution in [1.82, 2.24) is 19.8 Å². The molecule has 0 spiro atoms. The number of aromatic nitrogens is 2. The van der Waals surface area contributed by atoms with E-state index < -0.39 is 0 Å². The van der Waals surface area contributed by atoms with Crippen molar-refractivity contribution in [2.75, 3.05) is 0 Å². The largest absolute Gasteiger partial charge is 0.347 e. The smallest absolute Gasteiger partial charge is 0.331 e. The molecule has 0 radical (unpaired) electrons. The predicted octanol–water partition coefficient (Wildman–Crippen LogP) is 3.11. The Morgan fingerprint density at radius 3 is 2.13 bits per heavy atom. The van der Waals surface area contributed by atoms with Gasteiger partial charge in [-0.25, -0.2) is 4.79 Å². The number of amides is 2. The highest BCUT2D eigenvalue weighted by molar-refractivity contribution is 5.98. The summed E-state index contributed by atoms with van der Waals surface area (Å²) < 4.78 is 2.93. The molecular formula is C29H31N5O4. The van der Waals surface area contributed by atoms with E-state index in [1.165, 1.54) is 4.57 Å². The van der Waals surface area contributed by atoms with Gasteiger partial charge in [0.1, 0.15) is 0 Å². The lowest BCUT2D eigenvalue weighted by Crippen LogP contribution is -2.48. The van der Waals surface area contributed by atoms with Gasteiger partial charge in [-0.3, -0.25) is 23.5 Å². The second-order valence-electron chi connectivity index (χ2n) is 10.6. The average Bonchev–Trinajstić information content (AvgIpc) is 3.64. The number of nitrogens with zero attached hydrogens (tertiary/aromatic N) is 3. The van der Waals surface area contributed by atoms with Crippen molar-refractivity contribution < 1.29 is 9.59 Å². The molecule has 2 saturated carbocycles. The van der Waals surface area contributed by atoms with E-state index in [1.54, 1.807) is 47.0 Å². The highest BCUT2D eigenvalue weighted by atomic mass is 16.2. The summed E-state index contributed by atoms with van der Waals surface area (Å²) in [4.78, 5) is 52.4. The standard InChI is InChI=1S/C29H31N5O4/c1-17(2)34-25-13-12-21(14-22(25)28(37)33(29(34)38)16-19-6-7-19)27(36)32-24-5-3-4-23(24)31-26(35)20-10-8-18(15-30)9-11-20/h8-14,17,19,23-24H,3-7,16H2,1-2H3,(H,31,35)(H,32,36)/t23-,24+/m0/s1. The minimum absolute atomic E-state index is 0.144. The van der Waals surface area contributed by atoms with Gasteiger partial charge in [-0.05, 0) is 94.3 Å². The van der Waals surface area contributed by atoms with Crippen LogP contribution in [0.25, 0.3) is 10.9 Å². The number of nitrogens with one attached hydrogen (secondary N) is 2. The molecule has 2 N–H and O–H groups in total. The van der Waals surface area contributed by atoms with E-state index in [1.807, 2.05) is 19.9 Å². The minimum atomic E-state index is -0.364. The van der Waals surface area contributed by atoms with Crippen molar-refractivity contribution in [3.05, 3.63) is 80.0 Å². The van der Waals surface area contributed by atoms with Crippen LogP contribution in [0.15, 0.2) is 52.1 Å². The normalized spacial score (nSPS) is 18.9. The van der Waals surface area contributed by atoms with Crippen LogP contribution in [0.3, 0.4) is 0 Å². The average molecular weight is 514 g/mol. The maximum atomic E-state index is 13.3. The molecule has 9 nitrogen and oxygen atoms in total. The summed E-state index contributed by atoms with van der Waals surface area (Å²) in [5.41, 5.74) is 1.12. The predicted molar refractivity (Wildman–Crippen MR) is 143 cm³/mol. The van der Waals surface area contributed by atoms with Crippen molar-refractivity contribution in [1.29, 1.82) is 5.26 Å². The Labute approximate surface area is 220 Å². The molecule has 3 aromatic rings. The minimum Gasteiger partial charge on any atom is -0.347 e. The number of carbonyl (C=O) groups is 2. The fraction of sp³-hybridized carbons (Fsp3) is 0.414. The van der Waals surface area contributed by atoms with Gasteiger partial charge >= 0.3 is 5.69 Å². The third kappa shape index (κ3) is 4.99. The first-order chi connectivity index (χ1) is 18.3. The lowest BCUT2D eigenvalue weighted by atomic mass is 10.1. The van der Waals surface area contributed by atoms with E-state index in [-0.39, 0.29) is 41.2 Å². The van der Waals surface area contributed by atoms with Gasteiger partial charge in [-0.2, -0.15) is 5.26 Å². The van der Waals surface area contributed by atoms with Gasteiger partial charge in [0.25, 0.3) is 17.4 Å². The zero-order valence-electron chi connectivity index (χ0n) is 21.6. The highest BCUT2D eigenvalue weighted by Gasteiger charge is 2.31. The molecule has 0 aliphatic heterocycles. The van der Waals surface area contributed by atoms with Crippen LogP contribution in [0, 0.1) is 17.2 Å². The summed E-state index contributed by atoms with van der Waals surface area (Å²) in [7, 11) is 0. The molecule has 2 amide bonds. The van der Waals surface area contributed by atoms with Crippen LogP contribution in [-0.2, 0) is 6.54 Å². The van der Waals surface area contributed by atoms with Gasteiger partial charge in [0.05, 0.1) is 22.5 Å². The monoisotopic (exact) mass is 513 g/mol. The van der Waals surface area contributed by atoms with Crippen LogP contribution >= 0.6 is 0 Å². The van der Waals surface area contributed by atoms with Crippen LogP contribution in [0.2, 0.25) is 0 Å².